The van der Waals surface area contributed by atoms with Crippen molar-refractivity contribution in [2.24, 2.45) is 0 Å². The summed E-state index contributed by atoms with van der Waals surface area (Å²) in [4.78, 5) is 27.3. The minimum Gasteiger partial charge on any atom is -0.493 e. The van der Waals surface area contributed by atoms with Gasteiger partial charge in [0, 0.05) is 23.4 Å². The lowest BCUT2D eigenvalue weighted by molar-refractivity contribution is -0.137. The molecule has 2 aromatic carbocycles. The summed E-state index contributed by atoms with van der Waals surface area (Å²) < 4.78 is 21.5. The van der Waals surface area contributed by atoms with E-state index in [4.69, 9.17) is 18.9 Å². The number of hydrogen-bond acceptors (Lipinski definition) is 7. The molecule has 0 aliphatic carbocycles. The van der Waals surface area contributed by atoms with Crippen molar-refractivity contribution >= 4 is 27.9 Å². The largest absolute Gasteiger partial charge is 0.493 e. The Morgan fingerprint density at radius 3 is 2.00 bits per heavy atom. The van der Waals surface area contributed by atoms with Crippen molar-refractivity contribution in [3.63, 3.8) is 0 Å². The molecule has 0 unspecified atom stereocenters. The third-order valence-electron chi connectivity index (χ3n) is 5.10. The van der Waals surface area contributed by atoms with Crippen LogP contribution in [0.2, 0.25) is 0 Å². The first kappa shape index (κ1) is 23.4. The molecule has 0 fully saturated rings. The summed E-state index contributed by atoms with van der Waals surface area (Å²) in [6.45, 7) is 0.379. The Morgan fingerprint density at radius 1 is 0.875 bits per heavy atom. The van der Waals surface area contributed by atoms with Gasteiger partial charge in [-0.3, -0.25) is 0 Å². The second kappa shape index (κ2) is 10.4. The van der Waals surface area contributed by atoms with Gasteiger partial charge in [0.15, 0.2) is 11.5 Å². The molecule has 7 nitrogen and oxygen atoms in total. The zero-order chi connectivity index (χ0) is 23.3. The molecule has 32 heavy (non-hydrogen) atoms. The first-order chi connectivity index (χ1) is 15.4. The van der Waals surface area contributed by atoms with Gasteiger partial charge < -0.3 is 23.8 Å². The molecule has 1 aliphatic heterocycles. The molecule has 0 saturated carbocycles. The topological polar surface area (TPSA) is 74.3 Å². The van der Waals surface area contributed by atoms with E-state index in [2.05, 4.69) is 15.9 Å². The molecule has 0 N–H and O–H groups in total. The van der Waals surface area contributed by atoms with E-state index in [1.807, 2.05) is 36.4 Å². The van der Waals surface area contributed by atoms with Gasteiger partial charge >= 0.3 is 11.9 Å². The zero-order valence-corrected chi connectivity index (χ0v) is 19.8. The predicted octanol–water partition coefficient (Wildman–Crippen LogP) is 4.18. The molecule has 2 aromatic rings. The van der Waals surface area contributed by atoms with Crippen LogP contribution in [-0.2, 0) is 25.6 Å². The zero-order valence-electron chi connectivity index (χ0n) is 18.3. The van der Waals surface area contributed by atoms with E-state index in [0.29, 0.717) is 29.2 Å². The van der Waals surface area contributed by atoms with Crippen LogP contribution >= 0.6 is 15.9 Å². The molecule has 0 amide bonds. The molecule has 8 heteroatoms. The van der Waals surface area contributed by atoms with Crippen molar-refractivity contribution in [3.05, 3.63) is 81.6 Å². The highest BCUT2D eigenvalue weighted by Gasteiger charge is 2.36. The SMILES string of the molecule is COC(=O)C1=CN(Cc2ccc(OC)c(OC)c2)C=C(C(=O)OC)C1c1ccccc1Br. The van der Waals surface area contributed by atoms with Gasteiger partial charge in [-0.05, 0) is 29.3 Å². The second-order valence-corrected chi connectivity index (χ2v) is 7.82. The highest BCUT2D eigenvalue weighted by molar-refractivity contribution is 9.10. The number of ether oxygens (including phenoxy) is 4. The van der Waals surface area contributed by atoms with Gasteiger partial charge in [-0.2, -0.15) is 0 Å². The van der Waals surface area contributed by atoms with Crippen molar-refractivity contribution < 1.29 is 28.5 Å². The van der Waals surface area contributed by atoms with Crippen LogP contribution in [0.25, 0.3) is 0 Å². The van der Waals surface area contributed by atoms with Crippen molar-refractivity contribution in [2.45, 2.75) is 12.5 Å². The Hall–Kier alpha value is -3.26. The van der Waals surface area contributed by atoms with E-state index in [9.17, 15) is 9.59 Å². The first-order valence-electron chi connectivity index (χ1n) is 9.74. The minimum atomic E-state index is -0.646. The number of rotatable bonds is 7. The average molecular weight is 502 g/mol. The molecule has 3 rings (SSSR count). The molecule has 1 aliphatic rings. The first-order valence-corrected chi connectivity index (χ1v) is 10.5. The highest BCUT2D eigenvalue weighted by atomic mass is 79.9. The fourth-order valence-corrected chi connectivity index (χ4v) is 4.13. The molecular formula is C24H24BrNO6. The summed E-state index contributed by atoms with van der Waals surface area (Å²) in [6.07, 6.45) is 3.39. The normalized spacial score (nSPS) is 13.7. The number of carbonyl (C=O) groups is 2. The predicted molar refractivity (Wildman–Crippen MR) is 122 cm³/mol. The number of benzene rings is 2. The Kier molecular flexibility index (Phi) is 7.58. The average Bonchev–Trinajstić information content (AvgIpc) is 2.82. The van der Waals surface area contributed by atoms with Crippen molar-refractivity contribution in [1.82, 2.24) is 4.90 Å². The van der Waals surface area contributed by atoms with Crippen LogP contribution in [-0.4, -0.2) is 45.3 Å². The summed E-state index contributed by atoms with van der Waals surface area (Å²) in [5, 5.41) is 0. The fraction of sp³-hybridized carbons (Fsp3) is 0.250. The summed E-state index contributed by atoms with van der Waals surface area (Å²) in [5.74, 6) is -0.509. The van der Waals surface area contributed by atoms with Gasteiger partial charge in [0.1, 0.15) is 0 Å². The number of esters is 2. The molecular weight excluding hydrogens is 478 g/mol. The second-order valence-electron chi connectivity index (χ2n) is 6.97. The molecule has 0 atom stereocenters. The van der Waals surface area contributed by atoms with Crippen LogP contribution < -0.4 is 9.47 Å². The quantitative estimate of drug-likeness (QED) is 0.526. The van der Waals surface area contributed by atoms with Gasteiger partial charge in [0.2, 0.25) is 0 Å². The standard InChI is InChI=1S/C24H24BrNO6/c1-29-20-10-9-15(11-21(20)30-2)12-26-13-17(23(27)31-3)22(18(14-26)24(28)32-4)16-7-5-6-8-19(16)25/h5-11,13-14,22H,12H2,1-4H3. The van der Waals surface area contributed by atoms with Crippen molar-refractivity contribution in [2.75, 3.05) is 28.4 Å². The molecule has 0 spiro atoms. The maximum atomic E-state index is 12.8. The van der Waals surface area contributed by atoms with Crippen molar-refractivity contribution in [1.29, 1.82) is 0 Å². The number of halogens is 1. The summed E-state index contributed by atoms with van der Waals surface area (Å²) in [5.41, 5.74) is 2.29. The molecule has 0 bridgehead atoms. The third kappa shape index (κ3) is 4.80. The molecule has 168 valence electrons. The van der Waals surface area contributed by atoms with E-state index in [1.165, 1.54) is 14.2 Å². The van der Waals surface area contributed by atoms with Crippen LogP contribution in [0, 0.1) is 0 Å². The summed E-state index contributed by atoms with van der Waals surface area (Å²) >= 11 is 3.53. The van der Waals surface area contributed by atoms with E-state index in [0.717, 1.165) is 15.6 Å². The molecule has 0 aromatic heterocycles. The van der Waals surface area contributed by atoms with Crippen LogP contribution in [0.3, 0.4) is 0 Å². The van der Waals surface area contributed by atoms with E-state index < -0.39 is 17.9 Å². The highest BCUT2D eigenvalue weighted by Crippen LogP contribution is 2.40. The van der Waals surface area contributed by atoms with E-state index >= 15 is 0 Å². The van der Waals surface area contributed by atoms with Gasteiger partial charge in [-0.1, -0.05) is 40.2 Å². The Morgan fingerprint density at radius 2 is 1.47 bits per heavy atom. The smallest absolute Gasteiger partial charge is 0.336 e. The molecule has 1 heterocycles. The van der Waals surface area contributed by atoms with Gasteiger partial charge in [-0.15, -0.1) is 0 Å². The maximum absolute atomic E-state index is 12.8. The van der Waals surface area contributed by atoms with Crippen LogP contribution in [0.15, 0.2) is 70.5 Å². The Labute approximate surface area is 195 Å². The van der Waals surface area contributed by atoms with E-state index in [1.54, 1.807) is 37.6 Å². The summed E-state index contributed by atoms with van der Waals surface area (Å²) in [6, 6.07) is 13.0. The summed E-state index contributed by atoms with van der Waals surface area (Å²) in [7, 11) is 5.76. The van der Waals surface area contributed by atoms with Crippen LogP contribution in [0.4, 0.5) is 0 Å². The lowest BCUT2D eigenvalue weighted by Crippen LogP contribution is -2.28. The van der Waals surface area contributed by atoms with Crippen molar-refractivity contribution in [3.8, 4) is 11.5 Å². The van der Waals surface area contributed by atoms with Gasteiger partial charge in [-0.25, -0.2) is 9.59 Å². The Bertz CT molecular complexity index is 1040. The Balaban J connectivity index is 2.07. The van der Waals surface area contributed by atoms with Crippen LogP contribution in [0.1, 0.15) is 17.0 Å². The number of carbonyl (C=O) groups excluding carboxylic acids is 2. The third-order valence-corrected chi connectivity index (χ3v) is 5.83. The van der Waals surface area contributed by atoms with Crippen LogP contribution in [0.5, 0.6) is 11.5 Å². The minimum absolute atomic E-state index is 0.322. The lowest BCUT2D eigenvalue weighted by atomic mass is 9.83. The monoisotopic (exact) mass is 501 g/mol. The number of hydrogen-bond donors (Lipinski definition) is 0. The molecule has 0 saturated heterocycles. The lowest BCUT2D eigenvalue weighted by Gasteiger charge is -2.30. The van der Waals surface area contributed by atoms with Gasteiger partial charge in [0.05, 0.1) is 45.5 Å². The number of methoxy groups -OCH3 is 4. The van der Waals surface area contributed by atoms with E-state index in [-0.39, 0.29) is 0 Å². The number of nitrogens with zero attached hydrogens (tertiary/aromatic N) is 1. The molecule has 0 radical (unpaired) electrons. The van der Waals surface area contributed by atoms with Gasteiger partial charge in [0.25, 0.3) is 0 Å². The maximum Gasteiger partial charge on any atom is 0.336 e. The fourth-order valence-electron chi connectivity index (χ4n) is 3.61.